The van der Waals surface area contributed by atoms with Crippen molar-refractivity contribution >= 4 is 11.6 Å². The van der Waals surface area contributed by atoms with Crippen molar-refractivity contribution in [3.05, 3.63) is 64.7 Å². The molecule has 2 aromatic rings. The van der Waals surface area contributed by atoms with Crippen LogP contribution in [0.15, 0.2) is 42.5 Å². The number of halogens is 3. The number of alkyl halides is 3. The highest BCUT2D eigenvalue weighted by Crippen LogP contribution is 2.41. The van der Waals surface area contributed by atoms with Crippen molar-refractivity contribution in [1.29, 1.82) is 5.26 Å². The number of benzene rings is 2. The van der Waals surface area contributed by atoms with Gasteiger partial charge in [0.05, 0.1) is 17.2 Å². The maximum absolute atomic E-state index is 13.1. The number of hydrogen-bond donors (Lipinski definition) is 0. The molecule has 1 saturated carbocycles. The normalized spacial score (nSPS) is 18.1. The zero-order valence-corrected chi connectivity index (χ0v) is 19.5. The van der Waals surface area contributed by atoms with E-state index in [1.54, 1.807) is 4.90 Å². The molecular formula is C27H30F3N3O. The van der Waals surface area contributed by atoms with Crippen LogP contribution in [0.4, 0.5) is 18.9 Å². The van der Waals surface area contributed by atoms with Crippen LogP contribution in [0.2, 0.25) is 0 Å². The quantitative estimate of drug-likeness (QED) is 0.533. The molecule has 2 aromatic carbocycles. The number of hydrogen-bond acceptors (Lipinski definition) is 3. The second-order valence-electron chi connectivity index (χ2n) is 9.56. The number of fused-ring (bicyclic) bond motifs is 1. The standard InChI is InChI=1S/C27H30F3N3O/c1-20(34)33(25-9-7-24(8-10-25)27(28,29)30)26(12-3-2-4-13-26)14-16-32-15-11-22-17-21(18-31)5-6-23(22)19-32/h5-10,17H,2-4,11-16,19H2,1H3. The number of nitrogens with zero attached hydrogens (tertiary/aromatic N) is 3. The fourth-order valence-corrected chi connectivity index (χ4v) is 5.62. The first kappa shape index (κ1) is 24.3. The third-order valence-corrected chi connectivity index (χ3v) is 7.35. The number of anilines is 1. The minimum absolute atomic E-state index is 0.130. The Bertz CT molecular complexity index is 1070. The van der Waals surface area contributed by atoms with Gasteiger partial charge in [-0.3, -0.25) is 9.69 Å². The van der Waals surface area contributed by atoms with Crippen molar-refractivity contribution in [2.24, 2.45) is 0 Å². The van der Waals surface area contributed by atoms with Crippen LogP contribution >= 0.6 is 0 Å². The van der Waals surface area contributed by atoms with Gasteiger partial charge < -0.3 is 4.90 Å². The molecule has 0 spiro atoms. The van der Waals surface area contributed by atoms with Gasteiger partial charge in [-0.15, -0.1) is 0 Å². The highest BCUT2D eigenvalue weighted by Gasteiger charge is 2.41. The second kappa shape index (κ2) is 9.79. The summed E-state index contributed by atoms with van der Waals surface area (Å²) >= 11 is 0. The molecule has 2 aliphatic rings. The van der Waals surface area contributed by atoms with Crippen molar-refractivity contribution in [3.63, 3.8) is 0 Å². The maximum atomic E-state index is 13.1. The molecular weight excluding hydrogens is 439 g/mol. The molecule has 1 aliphatic carbocycles. The number of amides is 1. The predicted octanol–water partition coefficient (Wildman–Crippen LogP) is 6.08. The SMILES string of the molecule is CC(=O)N(c1ccc(C(F)(F)F)cc1)C1(CCN2CCc3cc(C#N)ccc3C2)CCCCC1. The summed E-state index contributed by atoms with van der Waals surface area (Å²) in [7, 11) is 0. The van der Waals surface area contributed by atoms with E-state index in [4.69, 9.17) is 5.26 Å². The number of rotatable bonds is 5. The zero-order valence-electron chi connectivity index (χ0n) is 19.5. The largest absolute Gasteiger partial charge is 0.416 e. The molecule has 0 N–H and O–H groups in total. The Morgan fingerprint density at radius 1 is 1.09 bits per heavy atom. The Morgan fingerprint density at radius 2 is 1.79 bits per heavy atom. The van der Waals surface area contributed by atoms with Gasteiger partial charge in [-0.05, 0) is 73.2 Å². The number of carbonyl (C=O) groups excluding carboxylic acids is 1. The molecule has 1 amide bonds. The molecule has 0 atom stereocenters. The van der Waals surface area contributed by atoms with Crippen LogP contribution in [0.5, 0.6) is 0 Å². The van der Waals surface area contributed by atoms with Crippen molar-refractivity contribution in [1.82, 2.24) is 4.90 Å². The third kappa shape index (κ3) is 5.12. The van der Waals surface area contributed by atoms with Crippen LogP contribution in [-0.4, -0.2) is 29.4 Å². The highest BCUT2D eigenvalue weighted by atomic mass is 19.4. The van der Waals surface area contributed by atoms with Gasteiger partial charge in [0.1, 0.15) is 0 Å². The Morgan fingerprint density at radius 3 is 2.41 bits per heavy atom. The predicted molar refractivity (Wildman–Crippen MR) is 125 cm³/mol. The van der Waals surface area contributed by atoms with E-state index in [0.717, 1.165) is 76.7 Å². The first-order valence-electron chi connectivity index (χ1n) is 11.9. The second-order valence-corrected chi connectivity index (χ2v) is 9.56. The molecule has 7 heteroatoms. The Hall–Kier alpha value is -2.85. The molecule has 1 aliphatic heterocycles. The fourth-order valence-electron chi connectivity index (χ4n) is 5.62. The summed E-state index contributed by atoms with van der Waals surface area (Å²) in [6.45, 7) is 4.01. The Balaban J connectivity index is 1.54. The molecule has 1 heterocycles. The summed E-state index contributed by atoms with van der Waals surface area (Å²) in [5, 5.41) is 9.15. The van der Waals surface area contributed by atoms with E-state index in [1.807, 2.05) is 18.2 Å². The lowest BCUT2D eigenvalue weighted by Crippen LogP contribution is -2.54. The first-order valence-corrected chi connectivity index (χ1v) is 11.9. The van der Waals surface area contributed by atoms with Crippen molar-refractivity contribution in [3.8, 4) is 6.07 Å². The van der Waals surface area contributed by atoms with E-state index in [2.05, 4.69) is 11.0 Å². The van der Waals surface area contributed by atoms with Gasteiger partial charge >= 0.3 is 6.18 Å². The smallest absolute Gasteiger partial charge is 0.307 e. The van der Waals surface area contributed by atoms with E-state index < -0.39 is 17.3 Å². The minimum atomic E-state index is -4.40. The monoisotopic (exact) mass is 469 g/mol. The van der Waals surface area contributed by atoms with Crippen LogP contribution < -0.4 is 4.90 Å². The molecule has 4 rings (SSSR count). The Kier molecular flexibility index (Phi) is 6.99. The van der Waals surface area contributed by atoms with Gasteiger partial charge in [-0.25, -0.2) is 0 Å². The van der Waals surface area contributed by atoms with Crippen molar-refractivity contribution in [2.45, 2.75) is 70.1 Å². The molecule has 0 bridgehead atoms. The summed E-state index contributed by atoms with van der Waals surface area (Å²) in [6, 6.07) is 13.1. The summed E-state index contributed by atoms with van der Waals surface area (Å²) in [5.74, 6) is -0.130. The molecule has 0 radical (unpaired) electrons. The molecule has 0 saturated heterocycles. The van der Waals surface area contributed by atoms with E-state index in [1.165, 1.54) is 30.2 Å². The molecule has 4 nitrogen and oxygen atoms in total. The van der Waals surface area contributed by atoms with Crippen LogP contribution in [0.25, 0.3) is 0 Å². The summed E-state index contributed by atoms with van der Waals surface area (Å²) in [5.41, 5.74) is 2.57. The third-order valence-electron chi connectivity index (χ3n) is 7.35. The number of nitriles is 1. The van der Waals surface area contributed by atoms with E-state index in [9.17, 15) is 18.0 Å². The van der Waals surface area contributed by atoms with Crippen LogP contribution in [0, 0.1) is 11.3 Å². The maximum Gasteiger partial charge on any atom is 0.416 e. The lowest BCUT2D eigenvalue weighted by molar-refractivity contribution is -0.137. The fraction of sp³-hybridized carbons (Fsp3) is 0.481. The summed E-state index contributed by atoms with van der Waals surface area (Å²) in [6.07, 6.45) is 2.08. The molecule has 180 valence electrons. The summed E-state index contributed by atoms with van der Waals surface area (Å²) in [4.78, 5) is 17.0. The molecule has 0 unspecified atom stereocenters. The minimum Gasteiger partial charge on any atom is -0.307 e. The van der Waals surface area contributed by atoms with Gasteiger partial charge in [0.15, 0.2) is 0 Å². The average Bonchev–Trinajstić information content (AvgIpc) is 2.82. The molecule has 0 aromatic heterocycles. The van der Waals surface area contributed by atoms with Gasteiger partial charge in [0, 0.05) is 37.8 Å². The lowest BCUT2D eigenvalue weighted by atomic mass is 9.77. The number of carbonyl (C=O) groups is 1. The van der Waals surface area contributed by atoms with Crippen LogP contribution in [0.1, 0.15) is 67.7 Å². The zero-order chi connectivity index (χ0) is 24.3. The average molecular weight is 470 g/mol. The summed E-state index contributed by atoms with van der Waals surface area (Å²) < 4.78 is 39.2. The Labute approximate surface area is 199 Å². The van der Waals surface area contributed by atoms with Crippen molar-refractivity contribution < 1.29 is 18.0 Å². The first-order chi connectivity index (χ1) is 16.2. The lowest BCUT2D eigenvalue weighted by Gasteiger charge is -2.47. The molecule has 1 fully saturated rings. The van der Waals surface area contributed by atoms with E-state index in [-0.39, 0.29) is 5.91 Å². The molecule has 34 heavy (non-hydrogen) atoms. The van der Waals surface area contributed by atoms with Gasteiger partial charge in [-0.1, -0.05) is 25.3 Å². The van der Waals surface area contributed by atoms with E-state index in [0.29, 0.717) is 11.3 Å². The van der Waals surface area contributed by atoms with Crippen LogP contribution in [-0.2, 0) is 23.9 Å². The topological polar surface area (TPSA) is 47.3 Å². The van der Waals surface area contributed by atoms with Gasteiger partial charge in [-0.2, -0.15) is 18.4 Å². The van der Waals surface area contributed by atoms with E-state index >= 15 is 0 Å². The van der Waals surface area contributed by atoms with Gasteiger partial charge in [0.25, 0.3) is 0 Å². The van der Waals surface area contributed by atoms with Crippen LogP contribution in [0.3, 0.4) is 0 Å². The van der Waals surface area contributed by atoms with Crippen molar-refractivity contribution in [2.75, 3.05) is 18.0 Å². The van der Waals surface area contributed by atoms with Gasteiger partial charge in [0.2, 0.25) is 5.91 Å². The highest BCUT2D eigenvalue weighted by molar-refractivity contribution is 5.93.